The molecule has 0 aliphatic rings. The molecule has 0 atom stereocenters. The number of ketones is 1. The number of anilines is 1. The topological polar surface area (TPSA) is 60.4 Å². The summed E-state index contributed by atoms with van der Waals surface area (Å²) in [5, 5.41) is 0. The Hall–Kier alpha value is -1.84. The average Bonchev–Trinajstić information content (AvgIpc) is 2.56. The highest BCUT2D eigenvalue weighted by Gasteiger charge is 2.13. The molecule has 2 aromatic heterocycles. The lowest BCUT2D eigenvalue weighted by Crippen LogP contribution is -2.02. The van der Waals surface area contributed by atoms with Gasteiger partial charge in [0.25, 0.3) is 0 Å². The first-order valence-electron chi connectivity index (χ1n) is 4.49. The van der Waals surface area contributed by atoms with E-state index in [0.717, 1.165) is 0 Å². The molecule has 2 N–H and O–H groups in total. The summed E-state index contributed by atoms with van der Waals surface area (Å²) in [6, 6.07) is 5.54. The van der Waals surface area contributed by atoms with Crippen molar-refractivity contribution in [1.82, 2.24) is 9.38 Å². The van der Waals surface area contributed by atoms with Crippen LogP contribution in [0, 0.1) is 0 Å². The second kappa shape index (κ2) is 3.14. The van der Waals surface area contributed by atoms with Gasteiger partial charge in [-0.25, -0.2) is 4.98 Å². The molecule has 0 unspecified atom stereocenters. The van der Waals surface area contributed by atoms with Gasteiger partial charge in [-0.3, -0.25) is 9.20 Å². The number of fused-ring (bicyclic) bond motifs is 1. The van der Waals surface area contributed by atoms with Crippen molar-refractivity contribution in [3.05, 3.63) is 30.1 Å². The number of pyridine rings is 1. The molecule has 0 aliphatic carbocycles. The summed E-state index contributed by atoms with van der Waals surface area (Å²) in [6.07, 6.45) is 2.22. The molecule has 0 amide bonds. The van der Waals surface area contributed by atoms with Crippen molar-refractivity contribution in [1.29, 1.82) is 0 Å². The predicted octanol–water partition coefficient (Wildman–Crippen LogP) is 1.51. The number of carbonyl (C=O) groups is 1. The minimum atomic E-state index is -0.0220. The van der Waals surface area contributed by atoms with Crippen molar-refractivity contribution in [3.8, 4) is 0 Å². The molecule has 4 nitrogen and oxygen atoms in total. The molecule has 0 saturated carbocycles. The first-order valence-corrected chi connectivity index (χ1v) is 4.49. The van der Waals surface area contributed by atoms with Gasteiger partial charge in [-0.15, -0.1) is 0 Å². The summed E-state index contributed by atoms with van der Waals surface area (Å²) in [5.41, 5.74) is 6.88. The van der Waals surface area contributed by atoms with Gasteiger partial charge >= 0.3 is 0 Å². The van der Waals surface area contributed by atoms with Crippen LogP contribution < -0.4 is 5.73 Å². The van der Waals surface area contributed by atoms with Crippen LogP contribution in [0.2, 0.25) is 0 Å². The summed E-state index contributed by atoms with van der Waals surface area (Å²) in [7, 11) is 0. The number of carbonyl (C=O) groups excluding carboxylic acids is 1. The van der Waals surface area contributed by atoms with E-state index >= 15 is 0 Å². The van der Waals surface area contributed by atoms with E-state index in [0.29, 0.717) is 23.6 Å². The Morgan fingerprint density at radius 3 is 3.00 bits per heavy atom. The van der Waals surface area contributed by atoms with Crippen LogP contribution in [0.15, 0.2) is 24.4 Å². The number of rotatable bonds is 2. The maximum atomic E-state index is 11.4. The molecule has 14 heavy (non-hydrogen) atoms. The first kappa shape index (κ1) is 8.74. The number of nitrogen functional groups attached to an aromatic ring is 1. The zero-order chi connectivity index (χ0) is 10.1. The molecule has 0 aromatic carbocycles. The van der Waals surface area contributed by atoms with Gasteiger partial charge in [0.2, 0.25) is 0 Å². The minimum absolute atomic E-state index is 0.0220. The third-order valence-electron chi connectivity index (χ3n) is 2.15. The van der Waals surface area contributed by atoms with Crippen LogP contribution in [0.25, 0.3) is 5.65 Å². The van der Waals surface area contributed by atoms with Gasteiger partial charge in [0, 0.05) is 12.6 Å². The van der Waals surface area contributed by atoms with Gasteiger partial charge in [0.05, 0.1) is 0 Å². The SMILES string of the molecule is CCC(=O)c1nc2ccccn2c1N. The molecule has 2 rings (SSSR count). The Labute approximate surface area is 81.4 Å². The van der Waals surface area contributed by atoms with Gasteiger partial charge in [-0.1, -0.05) is 13.0 Å². The van der Waals surface area contributed by atoms with E-state index in [4.69, 9.17) is 5.73 Å². The fourth-order valence-electron chi connectivity index (χ4n) is 1.39. The predicted molar refractivity (Wildman–Crippen MR) is 54.2 cm³/mol. The van der Waals surface area contributed by atoms with Crippen molar-refractivity contribution < 1.29 is 4.79 Å². The van der Waals surface area contributed by atoms with E-state index < -0.39 is 0 Å². The van der Waals surface area contributed by atoms with E-state index in [1.807, 2.05) is 18.2 Å². The van der Waals surface area contributed by atoms with Crippen molar-refractivity contribution in [2.75, 3.05) is 5.73 Å². The van der Waals surface area contributed by atoms with E-state index in [9.17, 15) is 4.79 Å². The lowest BCUT2D eigenvalue weighted by molar-refractivity contribution is 0.0985. The van der Waals surface area contributed by atoms with Gasteiger partial charge in [-0.05, 0) is 12.1 Å². The summed E-state index contributed by atoms with van der Waals surface area (Å²) in [5.74, 6) is 0.402. The Kier molecular flexibility index (Phi) is 1.96. The lowest BCUT2D eigenvalue weighted by atomic mass is 10.2. The Morgan fingerprint density at radius 2 is 2.36 bits per heavy atom. The molecule has 0 spiro atoms. The third kappa shape index (κ3) is 1.16. The fraction of sp³-hybridized carbons (Fsp3) is 0.200. The molecule has 0 aliphatic heterocycles. The molecule has 0 bridgehead atoms. The van der Waals surface area contributed by atoms with Crippen molar-refractivity contribution >= 4 is 17.2 Å². The normalized spacial score (nSPS) is 10.6. The van der Waals surface area contributed by atoms with Crippen LogP contribution in [0.4, 0.5) is 5.82 Å². The van der Waals surface area contributed by atoms with E-state index in [1.165, 1.54) is 0 Å². The van der Waals surface area contributed by atoms with Gasteiger partial charge in [0.15, 0.2) is 5.78 Å². The molecular formula is C10H11N3O. The molecule has 0 fully saturated rings. The highest BCUT2D eigenvalue weighted by atomic mass is 16.1. The maximum Gasteiger partial charge on any atom is 0.184 e. The number of hydrogen-bond donors (Lipinski definition) is 1. The highest BCUT2D eigenvalue weighted by Crippen LogP contribution is 2.15. The standard InChI is InChI=1S/C10H11N3O/c1-2-7(14)9-10(11)13-6-4-3-5-8(13)12-9/h3-6H,2,11H2,1H3. The lowest BCUT2D eigenvalue weighted by Gasteiger charge is -1.95. The number of imidazole rings is 1. The van der Waals surface area contributed by atoms with Gasteiger partial charge < -0.3 is 5.73 Å². The third-order valence-corrected chi connectivity index (χ3v) is 2.15. The van der Waals surface area contributed by atoms with Crippen LogP contribution in [0.1, 0.15) is 23.8 Å². The quantitative estimate of drug-likeness (QED) is 0.728. The molecular weight excluding hydrogens is 178 g/mol. The number of nitrogens with two attached hydrogens (primary N) is 1. The minimum Gasteiger partial charge on any atom is -0.383 e. The summed E-state index contributed by atoms with van der Waals surface area (Å²) >= 11 is 0. The fourth-order valence-corrected chi connectivity index (χ4v) is 1.39. The second-order valence-electron chi connectivity index (χ2n) is 3.05. The van der Waals surface area contributed by atoms with Crippen molar-refractivity contribution in [2.24, 2.45) is 0 Å². The number of nitrogens with zero attached hydrogens (tertiary/aromatic N) is 2. The summed E-state index contributed by atoms with van der Waals surface area (Å²) in [4.78, 5) is 15.6. The Bertz CT molecular complexity index is 487. The molecule has 4 heteroatoms. The van der Waals surface area contributed by atoms with E-state index in [-0.39, 0.29) is 5.78 Å². The second-order valence-corrected chi connectivity index (χ2v) is 3.05. The first-order chi connectivity index (χ1) is 6.74. The summed E-state index contributed by atoms with van der Waals surface area (Å²) < 4.78 is 1.71. The molecule has 2 heterocycles. The Balaban J connectivity index is 2.68. The number of hydrogen-bond acceptors (Lipinski definition) is 3. The zero-order valence-corrected chi connectivity index (χ0v) is 7.90. The summed E-state index contributed by atoms with van der Waals surface area (Å²) in [6.45, 7) is 1.80. The van der Waals surface area contributed by atoms with Crippen LogP contribution in [-0.2, 0) is 0 Å². The molecule has 2 aromatic rings. The van der Waals surface area contributed by atoms with Crippen LogP contribution in [0.5, 0.6) is 0 Å². The number of aromatic nitrogens is 2. The monoisotopic (exact) mass is 189 g/mol. The highest BCUT2D eigenvalue weighted by molar-refractivity contribution is 5.99. The number of Topliss-reactive ketones (excluding diaryl/α,β-unsaturated/α-hetero) is 1. The zero-order valence-electron chi connectivity index (χ0n) is 7.90. The van der Waals surface area contributed by atoms with Crippen LogP contribution in [0.3, 0.4) is 0 Å². The van der Waals surface area contributed by atoms with E-state index in [1.54, 1.807) is 17.5 Å². The average molecular weight is 189 g/mol. The molecule has 72 valence electrons. The van der Waals surface area contributed by atoms with E-state index in [2.05, 4.69) is 4.98 Å². The van der Waals surface area contributed by atoms with Gasteiger partial charge in [0.1, 0.15) is 17.2 Å². The molecule has 0 radical (unpaired) electrons. The molecule has 0 saturated heterocycles. The Morgan fingerprint density at radius 1 is 1.57 bits per heavy atom. The van der Waals surface area contributed by atoms with Crippen molar-refractivity contribution in [2.45, 2.75) is 13.3 Å². The largest absolute Gasteiger partial charge is 0.383 e. The van der Waals surface area contributed by atoms with Gasteiger partial charge in [-0.2, -0.15) is 0 Å². The van der Waals surface area contributed by atoms with Crippen molar-refractivity contribution in [3.63, 3.8) is 0 Å². The van der Waals surface area contributed by atoms with Crippen LogP contribution in [-0.4, -0.2) is 15.2 Å². The van der Waals surface area contributed by atoms with Crippen LogP contribution >= 0.6 is 0 Å². The maximum absolute atomic E-state index is 11.4. The smallest absolute Gasteiger partial charge is 0.184 e.